The Morgan fingerprint density at radius 2 is 1.97 bits per heavy atom. The Kier molecular flexibility index (Phi) is 5.99. The molecule has 10 heteroatoms. The molecule has 0 fully saturated rings. The van der Waals surface area contributed by atoms with Gasteiger partial charge in [-0.1, -0.05) is 13.0 Å². The highest BCUT2D eigenvalue weighted by molar-refractivity contribution is 5.78. The van der Waals surface area contributed by atoms with Crippen LogP contribution in [0.1, 0.15) is 20.3 Å². The minimum atomic E-state index is -1.08. The van der Waals surface area contributed by atoms with Crippen LogP contribution in [0, 0.1) is 0 Å². The third kappa shape index (κ3) is 4.49. The van der Waals surface area contributed by atoms with Crippen molar-refractivity contribution in [2.24, 2.45) is 0 Å². The van der Waals surface area contributed by atoms with Crippen LogP contribution in [0.3, 0.4) is 0 Å². The Labute approximate surface area is 187 Å². The van der Waals surface area contributed by atoms with Crippen molar-refractivity contribution in [3.05, 3.63) is 53.1 Å². The number of imidazole rings is 1. The minimum absolute atomic E-state index is 0.0697. The van der Waals surface area contributed by atoms with Crippen LogP contribution in [0.5, 0.6) is 17.2 Å². The van der Waals surface area contributed by atoms with Crippen LogP contribution >= 0.6 is 0 Å². The predicted molar refractivity (Wildman–Crippen MR) is 121 cm³/mol. The number of carbonyl (C=O) groups is 1. The fraction of sp³-hybridized carbons (Fsp3) is 0.217. The average molecular weight is 450 g/mol. The monoisotopic (exact) mass is 450 g/mol. The number of nitrogens with zero attached hydrogens (tertiary/aromatic N) is 2. The molecule has 0 aliphatic heterocycles. The molecule has 0 bridgehead atoms. The molecule has 2 heterocycles. The molecule has 0 saturated carbocycles. The standard InChI is InChI=1S/C23H22N4O6/c1-3-17(23(30)31)33-15-8-13(7-14(28)10-15)12-5-6-16(18(9-12)32-4-2)20-26-21-19(22(29)27-20)24-11-25-21/h5-11,17,28H,3-4H2,1-2H3,(H,30,31)(H2,24,25,26,27,29)/t17-/m1/s1. The van der Waals surface area contributed by atoms with Gasteiger partial charge in [0.05, 0.1) is 18.5 Å². The van der Waals surface area contributed by atoms with Gasteiger partial charge in [0.25, 0.3) is 5.56 Å². The Bertz CT molecular complexity index is 1380. The number of phenolic OH excluding ortho intramolecular Hbond substituents is 1. The number of hydrogen-bond acceptors (Lipinski definition) is 7. The van der Waals surface area contributed by atoms with Gasteiger partial charge in [-0.25, -0.2) is 14.8 Å². The summed E-state index contributed by atoms with van der Waals surface area (Å²) in [7, 11) is 0. The van der Waals surface area contributed by atoms with E-state index in [1.54, 1.807) is 31.2 Å². The zero-order valence-electron chi connectivity index (χ0n) is 18.0. The van der Waals surface area contributed by atoms with E-state index in [0.717, 1.165) is 0 Å². The first-order chi connectivity index (χ1) is 15.9. The van der Waals surface area contributed by atoms with E-state index in [4.69, 9.17) is 9.47 Å². The highest BCUT2D eigenvalue weighted by Gasteiger charge is 2.18. The highest BCUT2D eigenvalue weighted by atomic mass is 16.5. The fourth-order valence-corrected chi connectivity index (χ4v) is 3.43. The topological polar surface area (TPSA) is 150 Å². The van der Waals surface area contributed by atoms with Gasteiger partial charge in [0.2, 0.25) is 0 Å². The van der Waals surface area contributed by atoms with E-state index in [-0.39, 0.29) is 29.0 Å². The largest absolute Gasteiger partial charge is 0.508 e. The molecule has 1 atom stereocenters. The van der Waals surface area contributed by atoms with Crippen LogP contribution in [0.2, 0.25) is 0 Å². The molecule has 0 radical (unpaired) electrons. The lowest BCUT2D eigenvalue weighted by molar-refractivity contribution is -0.145. The number of carboxylic acid groups (broad SMARTS) is 1. The number of fused-ring (bicyclic) bond motifs is 1. The lowest BCUT2D eigenvalue weighted by Crippen LogP contribution is -2.25. The van der Waals surface area contributed by atoms with Crippen molar-refractivity contribution in [1.29, 1.82) is 0 Å². The van der Waals surface area contributed by atoms with Crippen molar-refractivity contribution in [3.8, 4) is 39.8 Å². The van der Waals surface area contributed by atoms with Gasteiger partial charge >= 0.3 is 5.97 Å². The number of phenols is 1. The van der Waals surface area contributed by atoms with Gasteiger partial charge in [-0.05, 0) is 48.7 Å². The maximum atomic E-state index is 12.3. The van der Waals surface area contributed by atoms with E-state index >= 15 is 0 Å². The van der Waals surface area contributed by atoms with Crippen molar-refractivity contribution in [2.75, 3.05) is 6.61 Å². The Morgan fingerprint density at radius 1 is 1.15 bits per heavy atom. The second-order valence-electron chi connectivity index (χ2n) is 7.23. The Morgan fingerprint density at radius 3 is 2.70 bits per heavy atom. The number of benzene rings is 2. The fourth-order valence-electron chi connectivity index (χ4n) is 3.43. The number of H-pyrrole nitrogens is 2. The molecule has 4 rings (SSSR count). The van der Waals surface area contributed by atoms with Crippen LogP contribution in [-0.4, -0.2) is 48.8 Å². The Balaban J connectivity index is 1.76. The smallest absolute Gasteiger partial charge is 0.344 e. The van der Waals surface area contributed by atoms with E-state index < -0.39 is 12.1 Å². The molecule has 2 aromatic heterocycles. The summed E-state index contributed by atoms with van der Waals surface area (Å²) >= 11 is 0. The normalized spacial score (nSPS) is 11.9. The molecule has 4 N–H and O–H groups in total. The number of carboxylic acids is 1. The lowest BCUT2D eigenvalue weighted by Gasteiger charge is -2.15. The van der Waals surface area contributed by atoms with Crippen molar-refractivity contribution in [2.45, 2.75) is 26.4 Å². The molecule has 0 amide bonds. The molecule has 0 unspecified atom stereocenters. The van der Waals surface area contributed by atoms with E-state index in [9.17, 15) is 19.8 Å². The highest BCUT2D eigenvalue weighted by Crippen LogP contribution is 2.36. The minimum Gasteiger partial charge on any atom is -0.508 e. The molecular weight excluding hydrogens is 428 g/mol. The van der Waals surface area contributed by atoms with Crippen molar-refractivity contribution in [1.82, 2.24) is 19.9 Å². The number of ether oxygens (including phenoxy) is 2. The predicted octanol–water partition coefficient (Wildman–Crippen LogP) is 3.33. The Hall–Kier alpha value is -4.34. The number of aromatic amines is 2. The molecule has 170 valence electrons. The summed E-state index contributed by atoms with van der Waals surface area (Å²) in [5.41, 5.74) is 2.08. The van der Waals surface area contributed by atoms with Crippen molar-refractivity contribution < 1.29 is 24.5 Å². The second-order valence-corrected chi connectivity index (χ2v) is 7.23. The summed E-state index contributed by atoms with van der Waals surface area (Å²) in [5.74, 6) is -0.144. The average Bonchev–Trinajstić information content (AvgIpc) is 3.26. The van der Waals surface area contributed by atoms with E-state index in [2.05, 4.69) is 19.9 Å². The zero-order chi connectivity index (χ0) is 23.5. The lowest BCUT2D eigenvalue weighted by atomic mass is 10.0. The summed E-state index contributed by atoms with van der Waals surface area (Å²) in [6, 6.07) is 9.82. The number of aliphatic carboxylic acids is 1. The van der Waals surface area contributed by atoms with Crippen LogP contribution < -0.4 is 15.0 Å². The van der Waals surface area contributed by atoms with Crippen LogP contribution in [-0.2, 0) is 4.79 Å². The third-order valence-electron chi connectivity index (χ3n) is 4.98. The number of hydrogen-bond donors (Lipinski definition) is 4. The summed E-state index contributed by atoms with van der Waals surface area (Å²) in [6.07, 6.45) is 0.647. The zero-order valence-corrected chi connectivity index (χ0v) is 18.0. The van der Waals surface area contributed by atoms with Crippen LogP contribution in [0.4, 0.5) is 0 Å². The van der Waals surface area contributed by atoms with Crippen LogP contribution in [0.25, 0.3) is 33.7 Å². The number of aromatic nitrogens is 4. The first-order valence-electron chi connectivity index (χ1n) is 10.3. The second kappa shape index (κ2) is 9.03. The van der Waals surface area contributed by atoms with Gasteiger partial charge in [0.15, 0.2) is 17.3 Å². The summed E-state index contributed by atoms with van der Waals surface area (Å²) in [5, 5.41) is 19.4. The SMILES string of the molecule is CCOc1cc(-c2cc(O)cc(O[C@H](CC)C(=O)O)c2)ccc1-c1nc2nc[nH]c2c(=O)[nH]1. The van der Waals surface area contributed by atoms with Gasteiger partial charge in [-0.15, -0.1) is 0 Å². The van der Waals surface area contributed by atoms with Crippen molar-refractivity contribution in [3.63, 3.8) is 0 Å². The molecule has 4 aromatic rings. The maximum Gasteiger partial charge on any atom is 0.344 e. The van der Waals surface area contributed by atoms with Crippen LogP contribution in [0.15, 0.2) is 47.5 Å². The summed E-state index contributed by atoms with van der Waals surface area (Å²) < 4.78 is 11.3. The van der Waals surface area contributed by atoms with Crippen molar-refractivity contribution >= 4 is 17.1 Å². The molecule has 33 heavy (non-hydrogen) atoms. The number of rotatable bonds is 8. The molecule has 0 aliphatic rings. The third-order valence-corrected chi connectivity index (χ3v) is 4.98. The number of aromatic hydroxyl groups is 1. The number of nitrogens with one attached hydrogen (secondary N) is 2. The molecule has 0 aliphatic carbocycles. The van der Waals surface area contributed by atoms with Gasteiger partial charge in [0.1, 0.15) is 23.1 Å². The van der Waals surface area contributed by atoms with E-state index in [0.29, 0.717) is 40.5 Å². The van der Waals surface area contributed by atoms with Gasteiger partial charge in [-0.3, -0.25) is 4.79 Å². The van der Waals surface area contributed by atoms with E-state index in [1.807, 2.05) is 6.92 Å². The first kappa shape index (κ1) is 21.9. The molecular formula is C23H22N4O6. The molecule has 10 nitrogen and oxygen atoms in total. The van der Waals surface area contributed by atoms with Gasteiger partial charge < -0.3 is 29.7 Å². The van der Waals surface area contributed by atoms with Gasteiger partial charge in [-0.2, -0.15) is 0 Å². The first-order valence-corrected chi connectivity index (χ1v) is 10.3. The molecule has 2 aromatic carbocycles. The summed E-state index contributed by atoms with van der Waals surface area (Å²) in [4.78, 5) is 37.6. The maximum absolute atomic E-state index is 12.3. The van der Waals surface area contributed by atoms with E-state index in [1.165, 1.54) is 18.5 Å². The van der Waals surface area contributed by atoms with Gasteiger partial charge in [0, 0.05) is 6.07 Å². The molecule has 0 saturated heterocycles. The quantitative estimate of drug-likeness (QED) is 0.319. The summed E-state index contributed by atoms with van der Waals surface area (Å²) in [6.45, 7) is 3.91. The molecule has 0 spiro atoms.